The third-order valence-electron chi connectivity index (χ3n) is 6.98. The normalized spacial score (nSPS) is 19.5. The van der Waals surface area contributed by atoms with Crippen molar-refractivity contribution in [2.45, 2.75) is 53.1 Å². The van der Waals surface area contributed by atoms with Gasteiger partial charge in [-0.15, -0.1) is 11.3 Å². The summed E-state index contributed by atoms with van der Waals surface area (Å²) < 4.78 is 5.51. The lowest BCUT2D eigenvalue weighted by molar-refractivity contribution is 0.0734. The van der Waals surface area contributed by atoms with Crippen molar-refractivity contribution in [3.63, 3.8) is 0 Å². The van der Waals surface area contributed by atoms with Gasteiger partial charge in [-0.05, 0) is 72.9 Å². The third-order valence-corrected chi connectivity index (χ3v) is 8.16. The maximum Gasteiger partial charge on any atom is 0.343 e. The fraction of sp³-hybridized carbons (Fsp3) is 0.357. The molecule has 1 aliphatic carbocycles. The largest absolute Gasteiger partial charge is 0.423 e. The molecule has 3 aromatic rings. The second-order valence-corrected chi connectivity index (χ2v) is 11.5. The van der Waals surface area contributed by atoms with E-state index in [4.69, 9.17) is 4.74 Å². The maximum atomic E-state index is 13.1. The van der Waals surface area contributed by atoms with Crippen LogP contribution >= 0.6 is 11.3 Å². The van der Waals surface area contributed by atoms with Gasteiger partial charge in [0, 0.05) is 4.88 Å². The molecule has 0 saturated heterocycles. The van der Waals surface area contributed by atoms with Gasteiger partial charge in [-0.1, -0.05) is 50.6 Å². The first-order valence-corrected chi connectivity index (χ1v) is 12.6. The first kappa shape index (κ1) is 22.7. The number of nitrogens with one attached hydrogen (secondary N) is 2. The van der Waals surface area contributed by atoms with Gasteiger partial charge in [0.1, 0.15) is 16.9 Å². The molecule has 2 aromatic carbocycles. The van der Waals surface area contributed by atoms with Gasteiger partial charge < -0.3 is 15.4 Å². The number of carbonyl (C=O) groups is 2. The molecule has 176 valence electrons. The Bertz CT molecular complexity index is 1240. The van der Waals surface area contributed by atoms with Crippen LogP contribution in [0.4, 0.5) is 5.00 Å². The summed E-state index contributed by atoms with van der Waals surface area (Å²) in [6.45, 7) is 8.89. The van der Waals surface area contributed by atoms with Crippen LogP contribution in [-0.2, 0) is 12.8 Å². The molecule has 0 bridgehead atoms. The predicted molar refractivity (Wildman–Crippen MR) is 136 cm³/mol. The Balaban J connectivity index is 1.30. The highest BCUT2D eigenvalue weighted by Crippen LogP contribution is 2.46. The number of anilines is 1. The van der Waals surface area contributed by atoms with Crippen LogP contribution in [0.3, 0.4) is 0 Å². The minimum absolute atomic E-state index is 0.0136. The topological polar surface area (TPSA) is 67.4 Å². The molecule has 0 radical (unpaired) electrons. The minimum atomic E-state index is -0.390. The Labute approximate surface area is 204 Å². The number of aryl methyl sites for hydroxylation is 1. The van der Waals surface area contributed by atoms with E-state index >= 15 is 0 Å². The van der Waals surface area contributed by atoms with Crippen molar-refractivity contribution in [3.05, 3.63) is 81.2 Å². The van der Waals surface area contributed by atoms with E-state index in [0.717, 1.165) is 41.0 Å². The highest BCUT2D eigenvalue weighted by molar-refractivity contribution is 7.16. The van der Waals surface area contributed by atoms with Crippen molar-refractivity contribution in [1.29, 1.82) is 0 Å². The Morgan fingerprint density at radius 3 is 2.41 bits per heavy atom. The van der Waals surface area contributed by atoms with E-state index in [1.165, 1.54) is 10.4 Å². The van der Waals surface area contributed by atoms with Gasteiger partial charge in [-0.2, -0.15) is 0 Å². The second kappa shape index (κ2) is 8.58. The van der Waals surface area contributed by atoms with Gasteiger partial charge in [0.05, 0.1) is 11.1 Å². The summed E-state index contributed by atoms with van der Waals surface area (Å²) in [7, 11) is 0. The van der Waals surface area contributed by atoms with E-state index in [9.17, 15) is 9.59 Å². The van der Waals surface area contributed by atoms with Crippen molar-refractivity contribution in [2.24, 2.45) is 11.3 Å². The molecule has 0 saturated carbocycles. The first-order valence-electron chi connectivity index (χ1n) is 11.8. The molecule has 5 nitrogen and oxygen atoms in total. The summed E-state index contributed by atoms with van der Waals surface area (Å²) in [6.07, 6.45) is 2.81. The average Bonchev–Trinajstić information content (AvgIpc) is 3.17. The van der Waals surface area contributed by atoms with Crippen LogP contribution in [-0.4, -0.2) is 11.9 Å². The standard InChI is InChI=1S/C28H30N2O3S/c1-16-5-7-18(8-6-16)27(32)33-20-12-9-17(10-13-20)24-29-25(31)23-21-14-11-19(28(2,3)4)15-22(21)34-26(23)30-24/h5-10,12-13,19,24,30H,11,14-15H2,1-4H3,(H,29,31)/t19-,24-/m0/s1. The van der Waals surface area contributed by atoms with Gasteiger partial charge in [0.2, 0.25) is 0 Å². The number of esters is 1. The van der Waals surface area contributed by atoms with Crippen molar-refractivity contribution >= 4 is 28.2 Å². The summed E-state index contributed by atoms with van der Waals surface area (Å²) in [5.41, 5.74) is 4.83. The molecule has 6 heteroatoms. The zero-order valence-corrected chi connectivity index (χ0v) is 20.8. The van der Waals surface area contributed by atoms with Gasteiger partial charge in [-0.3, -0.25) is 4.79 Å². The number of carbonyl (C=O) groups excluding carboxylic acids is 2. The summed E-state index contributed by atoms with van der Waals surface area (Å²) >= 11 is 1.73. The maximum absolute atomic E-state index is 13.1. The van der Waals surface area contributed by atoms with E-state index < -0.39 is 0 Å². The van der Waals surface area contributed by atoms with Gasteiger partial charge in [-0.25, -0.2) is 4.79 Å². The summed E-state index contributed by atoms with van der Waals surface area (Å²) in [4.78, 5) is 26.8. The summed E-state index contributed by atoms with van der Waals surface area (Å²) in [5, 5.41) is 7.59. The minimum Gasteiger partial charge on any atom is -0.423 e. The molecule has 0 spiro atoms. The van der Waals surface area contributed by atoms with Crippen LogP contribution in [0.2, 0.25) is 0 Å². The van der Waals surface area contributed by atoms with E-state index in [-0.39, 0.29) is 23.5 Å². The lowest BCUT2D eigenvalue weighted by Gasteiger charge is -2.34. The number of thiophene rings is 1. The van der Waals surface area contributed by atoms with E-state index in [0.29, 0.717) is 17.2 Å². The van der Waals surface area contributed by atoms with Gasteiger partial charge in [0.15, 0.2) is 0 Å². The molecule has 2 N–H and O–H groups in total. The third kappa shape index (κ3) is 4.34. The van der Waals surface area contributed by atoms with Crippen molar-refractivity contribution in [3.8, 4) is 5.75 Å². The molecule has 2 atom stereocenters. The van der Waals surface area contributed by atoms with Crippen LogP contribution in [0.1, 0.15) is 75.6 Å². The highest BCUT2D eigenvalue weighted by atomic mass is 32.1. The predicted octanol–water partition coefficient (Wildman–Crippen LogP) is 6.28. The van der Waals surface area contributed by atoms with Gasteiger partial charge in [0.25, 0.3) is 5.91 Å². The molecule has 5 rings (SSSR count). The molecule has 0 unspecified atom stereocenters. The lowest BCUT2D eigenvalue weighted by Crippen LogP contribution is -2.38. The van der Waals surface area contributed by atoms with Crippen LogP contribution in [0.25, 0.3) is 0 Å². The fourth-order valence-corrected chi connectivity index (χ4v) is 6.14. The zero-order chi connectivity index (χ0) is 24.0. The number of ether oxygens (including phenoxy) is 1. The number of hydrogen-bond acceptors (Lipinski definition) is 5. The smallest absolute Gasteiger partial charge is 0.343 e. The number of rotatable bonds is 3. The van der Waals surface area contributed by atoms with E-state index in [1.54, 1.807) is 35.6 Å². The SMILES string of the molecule is Cc1ccc(C(=O)Oc2ccc([C@H]3NC(=O)c4c(sc5c4CC[C@H](C(C)(C)C)C5)N3)cc2)cc1. The quantitative estimate of drug-likeness (QED) is 0.346. The molecular weight excluding hydrogens is 444 g/mol. The number of benzene rings is 2. The van der Waals surface area contributed by atoms with Crippen molar-refractivity contribution in [1.82, 2.24) is 5.32 Å². The molecule has 1 aromatic heterocycles. The first-order chi connectivity index (χ1) is 16.2. The Kier molecular flexibility index (Phi) is 5.72. The van der Waals surface area contributed by atoms with Crippen LogP contribution in [0.15, 0.2) is 48.5 Å². The second-order valence-electron chi connectivity index (χ2n) is 10.4. The summed E-state index contributed by atoms with van der Waals surface area (Å²) in [6, 6.07) is 14.6. The summed E-state index contributed by atoms with van der Waals surface area (Å²) in [5.74, 6) is 0.700. The number of fused-ring (bicyclic) bond motifs is 3. The number of amides is 1. The molecule has 2 heterocycles. The monoisotopic (exact) mass is 474 g/mol. The Morgan fingerprint density at radius 1 is 1.03 bits per heavy atom. The molecule has 1 amide bonds. The highest BCUT2D eigenvalue weighted by Gasteiger charge is 2.36. The molecule has 0 fully saturated rings. The zero-order valence-electron chi connectivity index (χ0n) is 20.0. The van der Waals surface area contributed by atoms with Gasteiger partial charge >= 0.3 is 5.97 Å². The molecule has 1 aliphatic heterocycles. The van der Waals surface area contributed by atoms with Crippen molar-refractivity contribution < 1.29 is 14.3 Å². The Hall–Kier alpha value is -3.12. The van der Waals surface area contributed by atoms with Crippen LogP contribution < -0.4 is 15.4 Å². The number of hydrogen-bond donors (Lipinski definition) is 2. The molecular formula is C28H30N2O3S. The lowest BCUT2D eigenvalue weighted by atomic mass is 9.72. The van der Waals surface area contributed by atoms with Crippen LogP contribution in [0, 0.1) is 18.3 Å². The average molecular weight is 475 g/mol. The Morgan fingerprint density at radius 2 is 1.74 bits per heavy atom. The van der Waals surface area contributed by atoms with Crippen molar-refractivity contribution in [2.75, 3.05) is 5.32 Å². The fourth-order valence-electron chi connectivity index (χ4n) is 4.79. The molecule has 2 aliphatic rings. The molecule has 34 heavy (non-hydrogen) atoms. The van der Waals surface area contributed by atoms with Crippen LogP contribution in [0.5, 0.6) is 5.75 Å². The van der Waals surface area contributed by atoms with E-state index in [2.05, 4.69) is 31.4 Å². The van der Waals surface area contributed by atoms with E-state index in [1.807, 2.05) is 31.2 Å².